The molecule has 1 N–H and O–H groups in total. The lowest BCUT2D eigenvalue weighted by Crippen LogP contribution is -2.73. The average molecular weight is 290 g/mol. The van der Waals surface area contributed by atoms with E-state index < -0.39 is 11.0 Å². The van der Waals surface area contributed by atoms with Gasteiger partial charge in [0.1, 0.15) is 0 Å². The molecule has 7 nitrogen and oxygen atoms in total. The van der Waals surface area contributed by atoms with Gasteiger partial charge in [0.05, 0.1) is 31.0 Å². The third-order valence-electron chi connectivity index (χ3n) is 4.79. The number of nitrogens with zero attached hydrogens (tertiary/aromatic N) is 4. The molecule has 4 aliphatic heterocycles. The summed E-state index contributed by atoms with van der Waals surface area (Å²) in [5, 5.41) is 21.8. The van der Waals surface area contributed by atoms with Gasteiger partial charge in [-0.05, 0) is 5.56 Å². The molecule has 4 heterocycles. The van der Waals surface area contributed by atoms with Crippen molar-refractivity contribution in [2.45, 2.75) is 6.10 Å². The highest BCUT2D eigenvalue weighted by Gasteiger charge is 2.52. The van der Waals surface area contributed by atoms with Gasteiger partial charge in [-0.25, -0.2) is 0 Å². The molecule has 0 aromatic heterocycles. The first-order chi connectivity index (χ1) is 10.1. The number of nitro groups is 1. The monoisotopic (exact) mass is 290 g/mol. The van der Waals surface area contributed by atoms with Crippen LogP contribution >= 0.6 is 0 Å². The fourth-order valence-corrected chi connectivity index (χ4v) is 4.19. The van der Waals surface area contributed by atoms with E-state index >= 15 is 0 Å². The summed E-state index contributed by atoms with van der Waals surface area (Å²) in [7, 11) is 0. The van der Waals surface area contributed by atoms with Gasteiger partial charge in [-0.3, -0.25) is 24.8 Å². The van der Waals surface area contributed by atoms with Crippen molar-refractivity contribution in [3.63, 3.8) is 0 Å². The van der Waals surface area contributed by atoms with Crippen molar-refractivity contribution in [2.24, 2.45) is 5.41 Å². The second kappa shape index (κ2) is 4.48. The molecule has 21 heavy (non-hydrogen) atoms. The van der Waals surface area contributed by atoms with Crippen molar-refractivity contribution < 1.29 is 10.0 Å². The second-order valence-corrected chi connectivity index (χ2v) is 6.53. The molecule has 0 amide bonds. The number of aliphatic hydroxyl groups is 1. The van der Waals surface area contributed by atoms with E-state index in [0.29, 0.717) is 5.56 Å². The van der Waals surface area contributed by atoms with Gasteiger partial charge in [0, 0.05) is 37.2 Å². The molecule has 4 aliphatic rings. The van der Waals surface area contributed by atoms with Crippen molar-refractivity contribution in [3.8, 4) is 0 Å². The smallest absolute Gasteiger partial charge is 0.269 e. The van der Waals surface area contributed by atoms with E-state index in [9.17, 15) is 15.2 Å². The summed E-state index contributed by atoms with van der Waals surface area (Å²) in [6.45, 7) is 5.43. The van der Waals surface area contributed by atoms with Gasteiger partial charge in [-0.1, -0.05) is 12.1 Å². The molecule has 4 saturated heterocycles. The number of hydrogen-bond acceptors (Lipinski definition) is 6. The molecule has 1 aromatic carbocycles. The Hall–Kier alpha value is -1.54. The van der Waals surface area contributed by atoms with Gasteiger partial charge in [-0.15, -0.1) is 0 Å². The molecule has 4 bridgehead atoms. The number of non-ortho nitro benzene ring substituents is 1. The van der Waals surface area contributed by atoms with Gasteiger partial charge in [0.25, 0.3) is 5.69 Å². The number of nitro benzene ring substituents is 1. The van der Waals surface area contributed by atoms with Crippen LogP contribution in [0.2, 0.25) is 0 Å². The van der Waals surface area contributed by atoms with Crippen molar-refractivity contribution in [3.05, 3.63) is 39.9 Å². The van der Waals surface area contributed by atoms with Crippen LogP contribution in [0.3, 0.4) is 0 Å². The second-order valence-electron chi connectivity index (χ2n) is 6.53. The molecule has 0 saturated carbocycles. The number of aliphatic hydroxyl groups excluding tert-OH is 1. The SMILES string of the molecule is O=[N+]([O-])c1cccc([C@H](O)C23CN4CN(CN(C4)C2)C3)c1. The minimum atomic E-state index is -0.675. The Morgan fingerprint density at radius 3 is 2.24 bits per heavy atom. The first kappa shape index (κ1) is 13.1. The van der Waals surface area contributed by atoms with E-state index in [1.807, 2.05) is 0 Å². The predicted molar refractivity (Wildman–Crippen MR) is 75.2 cm³/mol. The summed E-state index contributed by atoms with van der Waals surface area (Å²) in [5.41, 5.74) is 0.441. The molecule has 0 aliphatic carbocycles. The maximum Gasteiger partial charge on any atom is 0.269 e. The summed E-state index contributed by atoms with van der Waals surface area (Å²) in [6, 6.07) is 6.41. The van der Waals surface area contributed by atoms with Gasteiger partial charge in [0.15, 0.2) is 0 Å². The fourth-order valence-electron chi connectivity index (χ4n) is 4.19. The van der Waals surface area contributed by atoms with Crippen LogP contribution in [0.15, 0.2) is 24.3 Å². The molecule has 0 spiro atoms. The maximum atomic E-state index is 10.9. The summed E-state index contributed by atoms with van der Waals surface area (Å²) in [6.07, 6.45) is -0.675. The molecule has 4 fully saturated rings. The van der Waals surface area contributed by atoms with Crippen LogP contribution in [0.4, 0.5) is 5.69 Å². The zero-order valence-corrected chi connectivity index (χ0v) is 11.7. The summed E-state index contributed by atoms with van der Waals surface area (Å²) >= 11 is 0. The lowest BCUT2D eigenvalue weighted by molar-refractivity contribution is -0.385. The van der Waals surface area contributed by atoms with Crippen LogP contribution < -0.4 is 0 Å². The van der Waals surface area contributed by atoms with Crippen LogP contribution in [0.1, 0.15) is 11.7 Å². The van der Waals surface area contributed by atoms with Crippen molar-refractivity contribution >= 4 is 5.69 Å². The maximum absolute atomic E-state index is 10.9. The molecule has 1 atom stereocenters. The number of benzene rings is 1. The minimum absolute atomic E-state index is 0.0391. The molecule has 5 rings (SSSR count). The van der Waals surface area contributed by atoms with Gasteiger partial charge in [-0.2, -0.15) is 0 Å². The number of rotatable bonds is 3. The van der Waals surface area contributed by atoms with E-state index in [2.05, 4.69) is 14.7 Å². The van der Waals surface area contributed by atoms with Crippen LogP contribution in [0, 0.1) is 15.5 Å². The Labute approximate surface area is 122 Å². The lowest BCUT2D eigenvalue weighted by Gasteiger charge is -2.61. The van der Waals surface area contributed by atoms with Crippen molar-refractivity contribution in [1.29, 1.82) is 0 Å². The highest BCUT2D eigenvalue weighted by molar-refractivity contribution is 5.36. The third kappa shape index (κ3) is 2.04. The van der Waals surface area contributed by atoms with E-state index in [-0.39, 0.29) is 11.1 Å². The quantitative estimate of drug-likeness (QED) is 0.643. The van der Waals surface area contributed by atoms with Crippen molar-refractivity contribution in [2.75, 3.05) is 39.6 Å². The van der Waals surface area contributed by atoms with E-state index in [1.54, 1.807) is 12.1 Å². The molecular formula is C14H18N4O3. The van der Waals surface area contributed by atoms with Crippen LogP contribution in [0.25, 0.3) is 0 Å². The number of hydrogen-bond donors (Lipinski definition) is 1. The van der Waals surface area contributed by atoms with Crippen molar-refractivity contribution in [1.82, 2.24) is 14.7 Å². The summed E-state index contributed by atoms with van der Waals surface area (Å²) < 4.78 is 0. The third-order valence-corrected chi connectivity index (χ3v) is 4.79. The van der Waals surface area contributed by atoms with E-state index in [4.69, 9.17) is 0 Å². The van der Waals surface area contributed by atoms with Gasteiger partial charge >= 0.3 is 0 Å². The van der Waals surface area contributed by atoms with E-state index in [1.165, 1.54) is 12.1 Å². The largest absolute Gasteiger partial charge is 0.388 e. The Kier molecular flexibility index (Phi) is 2.80. The highest BCUT2D eigenvalue weighted by atomic mass is 16.6. The lowest BCUT2D eigenvalue weighted by atomic mass is 9.74. The Morgan fingerprint density at radius 1 is 1.14 bits per heavy atom. The summed E-state index contributed by atoms with van der Waals surface area (Å²) in [4.78, 5) is 17.5. The van der Waals surface area contributed by atoms with Crippen LogP contribution in [-0.4, -0.2) is 64.4 Å². The first-order valence-corrected chi connectivity index (χ1v) is 7.15. The van der Waals surface area contributed by atoms with Gasteiger partial charge in [0.2, 0.25) is 0 Å². The standard InChI is InChI=1S/C14H18N4O3/c19-13(11-2-1-3-12(4-11)18(20)21)14-5-15-8-16(6-14)10-17(7-14)9-15/h1-4,13,19H,5-10H2/t13-/m0/s1. The Balaban J connectivity index is 1.66. The highest BCUT2D eigenvalue weighted by Crippen LogP contribution is 2.44. The molecule has 112 valence electrons. The zero-order valence-electron chi connectivity index (χ0n) is 11.7. The molecular weight excluding hydrogens is 272 g/mol. The molecule has 0 radical (unpaired) electrons. The zero-order chi connectivity index (χ0) is 14.6. The first-order valence-electron chi connectivity index (χ1n) is 7.15. The molecule has 0 unspecified atom stereocenters. The molecule has 7 heteroatoms. The van der Waals surface area contributed by atoms with Crippen LogP contribution in [-0.2, 0) is 0 Å². The van der Waals surface area contributed by atoms with E-state index in [0.717, 1.165) is 39.6 Å². The predicted octanol–water partition coefficient (Wildman–Crippen LogP) is 0.434. The molecule has 1 aromatic rings. The van der Waals surface area contributed by atoms with Gasteiger partial charge < -0.3 is 5.11 Å². The fraction of sp³-hybridized carbons (Fsp3) is 0.571. The average Bonchev–Trinajstić information content (AvgIpc) is 2.45. The summed E-state index contributed by atoms with van der Waals surface area (Å²) in [5.74, 6) is 0. The minimum Gasteiger partial charge on any atom is -0.388 e. The Morgan fingerprint density at radius 2 is 1.71 bits per heavy atom. The normalized spacial score (nSPS) is 38.4. The topological polar surface area (TPSA) is 73.1 Å². The van der Waals surface area contributed by atoms with Crippen LogP contribution in [0.5, 0.6) is 0 Å². The Bertz CT molecular complexity index is 556.